The molecule has 0 fully saturated rings. The lowest BCUT2D eigenvalue weighted by Gasteiger charge is -2.12. The van der Waals surface area contributed by atoms with Crippen LogP contribution in [0.25, 0.3) is 0 Å². The Morgan fingerprint density at radius 1 is 1.29 bits per heavy atom. The third kappa shape index (κ3) is 3.98. The zero-order chi connectivity index (χ0) is 15.6. The van der Waals surface area contributed by atoms with E-state index < -0.39 is 10.0 Å². The summed E-state index contributed by atoms with van der Waals surface area (Å²) >= 11 is 10.2. The minimum Gasteiger partial charge on any atom is -0.313 e. The van der Waals surface area contributed by atoms with Gasteiger partial charge >= 0.3 is 0 Å². The van der Waals surface area contributed by atoms with Crippen molar-refractivity contribution in [3.63, 3.8) is 0 Å². The second-order valence-electron chi connectivity index (χ2n) is 4.42. The van der Waals surface area contributed by atoms with Gasteiger partial charge in [-0.1, -0.05) is 23.7 Å². The molecule has 1 aromatic heterocycles. The third-order valence-electron chi connectivity index (χ3n) is 2.98. The van der Waals surface area contributed by atoms with Crippen molar-refractivity contribution in [3.05, 3.63) is 44.7 Å². The largest absolute Gasteiger partial charge is 0.313 e. The summed E-state index contributed by atoms with van der Waals surface area (Å²) in [7, 11) is -1.74. The molecule has 1 aromatic carbocycles. The lowest BCUT2D eigenvalue weighted by atomic mass is 10.1. The van der Waals surface area contributed by atoms with E-state index >= 15 is 0 Å². The van der Waals surface area contributed by atoms with E-state index in [1.165, 1.54) is 6.07 Å². The molecule has 0 amide bonds. The SMILES string of the molecule is CNC(C)c1ccc(NS(=O)(=O)c2cc(Cl)c(Br)s2)cc1. The highest BCUT2D eigenvalue weighted by Crippen LogP contribution is 2.35. The molecule has 0 saturated heterocycles. The Bertz CT molecular complexity index is 710. The first-order chi connectivity index (χ1) is 9.83. The number of anilines is 1. The molecule has 0 bridgehead atoms. The van der Waals surface area contributed by atoms with Crippen LogP contribution in [-0.2, 0) is 10.0 Å². The van der Waals surface area contributed by atoms with Gasteiger partial charge in [0, 0.05) is 11.7 Å². The van der Waals surface area contributed by atoms with Crippen LogP contribution in [0.1, 0.15) is 18.5 Å². The monoisotopic (exact) mass is 408 g/mol. The van der Waals surface area contributed by atoms with Crippen molar-refractivity contribution in [2.45, 2.75) is 17.2 Å². The molecule has 4 nitrogen and oxygen atoms in total. The molecular formula is C13H14BrClN2O2S2. The van der Waals surface area contributed by atoms with Crippen molar-refractivity contribution >= 4 is 54.6 Å². The second-order valence-corrected chi connectivity index (χ2v) is 9.11. The normalized spacial score (nSPS) is 13.1. The first kappa shape index (κ1) is 16.8. The summed E-state index contributed by atoms with van der Waals surface area (Å²) in [5, 5.41) is 3.51. The van der Waals surface area contributed by atoms with E-state index in [4.69, 9.17) is 11.6 Å². The van der Waals surface area contributed by atoms with E-state index in [0.717, 1.165) is 16.9 Å². The maximum Gasteiger partial charge on any atom is 0.271 e. The predicted octanol–water partition coefficient (Wildman–Crippen LogP) is 4.25. The molecule has 0 saturated carbocycles. The molecule has 8 heteroatoms. The predicted molar refractivity (Wildman–Crippen MR) is 91.8 cm³/mol. The summed E-state index contributed by atoms with van der Waals surface area (Å²) in [6.45, 7) is 2.03. The fraction of sp³-hybridized carbons (Fsp3) is 0.231. The van der Waals surface area contributed by atoms with Crippen LogP contribution >= 0.6 is 38.9 Å². The molecule has 0 spiro atoms. The Balaban J connectivity index is 2.20. The summed E-state index contributed by atoms with van der Waals surface area (Å²) in [5.74, 6) is 0. The summed E-state index contributed by atoms with van der Waals surface area (Å²) in [4.78, 5) is 0. The summed E-state index contributed by atoms with van der Waals surface area (Å²) in [6.07, 6.45) is 0. The van der Waals surface area contributed by atoms with Gasteiger partial charge in [-0.05, 0) is 53.7 Å². The third-order valence-corrected chi connectivity index (χ3v) is 7.31. The highest BCUT2D eigenvalue weighted by molar-refractivity contribution is 9.11. The Hall–Kier alpha value is -0.600. The Labute approximate surface area is 141 Å². The number of rotatable bonds is 5. The van der Waals surface area contributed by atoms with Gasteiger partial charge in [-0.2, -0.15) is 0 Å². The fourth-order valence-corrected chi connectivity index (χ4v) is 5.13. The van der Waals surface area contributed by atoms with Gasteiger partial charge in [0.25, 0.3) is 10.0 Å². The standard InChI is InChI=1S/C13H14BrClN2O2S2/c1-8(16-2)9-3-5-10(6-4-9)17-21(18,19)12-7-11(15)13(14)20-12/h3-8,16-17H,1-2H3. The van der Waals surface area contributed by atoms with E-state index in [1.807, 2.05) is 26.1 Å². The van der Waals surface area contributed by atoms with Gasteiger partial charge in [-0.15, -0.1) is 11.3 Å². The van der Waals surface area contributed by atoms with Gasteiger partial charge in [-0.3, -0.25) is 4.72 Å². The van der Waals surface area contributed by atoms with E-state index in [1.54, 1.807) is 12.1 Å². The van der Waals surface area contributed by atoms with Crippen LogP contribution in [-0.4, -0.2) is 15.5 Å². The molecule has 1 atom stereocenters. The van der Waals surface area contributed by atoms with Crippen molar-refractivity contribution in [2.24, 2.45) is 0 Å². The quantitative estimate of drug-likeness (QED) is 0.776. The van der Waals surface area contributed by atoms with Crippen LogP contribution in [0, 0.1) is 0 Å². The van der Waals surface area contributed by atoms with Crippen molar-refractivity contribution in [1.29, 1.82) is 0 Å². The Kier molecular flexibility index (Phi) is 5.32. The smallest absolute Gasteiger partial charge is 0.271 e. The van der Waals surface area contributed by atoms with E-state index in [2.05, 4.69) is 26.0 Å². The molecule has 0 aliphatic carbocycles. The molecule has 2 aromatic rings. The topological polar surface area (TPSA) is 58.2 Å². The Morgan fingerprint density at radius 2 is 1.90 bits per heavy atom. The fourth-order valence-electron chi connectivity index (χ4n) is 1.67. The zero-order valence-corrected chi connectivity index (χ0v) is 15.3. The number of thiophene rings is 1. The molecule has 0 radical (unpaired) electrons. The minimum absolute atomic E-state index is 0.173. The summed E-state index contributed by atoms with van der Waals surface area (Å²) < 4.78 is 27.8. The van der Waals surface area contributed by atoms with Crippen LogP contribution < -0.4 is 10.0 Å². The summed E-state index contributed by atoms with van der Waals surface area (Å²) in [5.41, 5.74) is 1.60. The second kappa shape index (κ2) is 6.66. The van der Waals surface area contributed by atoms with Crippen LogP contribution in [0.15, 0.2) is 38.3 Å². The molecule has 1 heterocycles. The average Bonchev–Trinajstić information content (AvgIpc) is 2.79. The molecule has 21 heavy (non-hydrogen) atoms. The van der Waals surface area contributed by atoms with Crippen molar-refractivity contribution in [1.82, 2.24) is 5.32 Å². The van der Waals surface area contributed by atoms with Gasteiger partial charge in [0.15, 0.2) is 0 Å². The number of hydrogen-bond donors (Lipinski definition) is 2. The zero-order valence-electron chi connectivity index (χ0n) is 11.4. The molecule has 2 N–H and O–H groups in total. The van der Waals surface area contributed by atoms with Crippen molar-refractivity contribution in [2.75, 3.05) is 11.8 Å². The first-order valence-electron chi connectivity index (χ1n) is 6.08. The molecule has 1 unspecified atom stereocenters. The maximum atomic E-state index is 12.2. The highest BCUT2D eigenvalue weighted by Gasteiger charge is 2.19. The maximum absolute atomic E-state index is 12.2. The van der Waals surface area contributed by atoms with E-state index in [-0.39, 0.29) is 10.3 Å². The van der Waals surface area contributed by atoms with Crippen molar-refractivity contribution < 1.29 is 8.42 Å². The molecule has 0 aliphatic heterocycles. The minimum atomic E-state index is -3.62. The van der Waals surface area contributed by atoms with Gasteiger partial charge < -0.3 is 5.32 Å². The van der Waals surface area contributed by atoms with E-state index in [9.17, 15) is 8.42 Å². The molecule has 2 rings (SSSR count). The van der Waals surface area contributed by atoms with Gasteiger partial charge in [-0.25, -0.2) is 8.42 Å². The Morgan fingerprint density at radius 3 is 2.38 bits per heavy atom. The molecule has 114 valence electrons. The summed E-state index contributed by atoms with van der Waals surface area (Å²) in [6, 6.07) is 8.89. The number of hydrogen-bond acceptors (Lipinski definition) is 4. The highest BCUT2D eigenvalue weighted by atomic mass is 79.9. The van der Waals surface area contributed by atoms with Crippen molar-refractivity contribution in [3.8, 4) is 0 Å². The van der Waals surface area contributed by atoms with Gasteiger partial charge in [0.05, 0.1) is 8.81 Å². The first-order valence-corrected chi connectivity index (χ1v) is 9.55. The lowest BCUT2D eigenvalue weighted by Crippen LogP contribution is -2.13. The van der Waals surface area contributed by atoms with Crippen LogP contribution in [0.4, 0.5) is 5.69 Å². The molecular weight excluding hydrogens is 396 g/mol. The number of sulfonamides is 1. The molecule has 0 aliphatic rings. The lowest BCUT2D eigenvalue weighted by molar-refractivity contribution is 0.603. The van der Waals surface area contributed by atoms with E-state index in [0.29, 0.717) is 14.5 Å². The number of halogens is 2. The van der Waals surface area contributed by atoms with Crippen LogP contribution in [0.3, 0.4) is 0 Å². The number of nitrogens with one attached hydrogen (secondary N) is 2. The van der Waals surface area contributed by atoms with Gasteiger partial charge in [0.1, 0.15) is 4.21 Å². The number of benzene rings is 1. The average molecular weight is 410 g/mol. The van der Waals surface area contributed by atoms with Crippen LogP contribution in [0.2, 0.25) is 5.02 Å². The van der Waals surface area contributed by atoms with Crippen LogP contribution in [0.5, 0.6) is 0 Å². The van der Waals surface area contributed by atoms with Gasteiger partial charge in [0.2, 0.25) is 0 Å².